The Morgan fingerprint density at radius 1 is 1.09 bits per heavy atom. The van der Waals surface area contributed by atoms with Gasteiger partial charge in [-0.1, -0.05) is 48.5 Å². The topological polar surface area (TPSA) is 17.0 Å². The molecule has 2 nitrogen and oxygen atoms in total. The number of hydrogen-bond acceptors (Lipinski definition) is 1. The zero-order valence-corrected chi connectivity index (χ0v) is 14.0. The van der Waals surface area contributed by atoms with Gasteiger partial charge in [0.1, 0.15) is 0 Å². The van der Waals surface area contributed by atoms with Crippen LogP contribution in [0.15, 0.2) is 48.5 Å². The van der Waals surface area contributed by atoms with Gasteiger partial charge in [0.25, 0.3) is 0 Å². The van der Waals surface area contributed by atoms with Crippen LogP contribution in [-0.4, -0.2) is 10.6 Å². The van der Waals surface area contributed by atoms with E-state index in [0.717, 1.165) is 25.9 Å². The third kappa shape index (κ3) is 2.57. The van der Waals surface area contributed by atoms with Gasteiger partial charge in [-0.05, 0) is 37.0 Å². The zero-order chi connectivity index (χ0) is 15.8. The molecule has 4 rings (SSSR count). The normalized spacial score (nSPS) is 17.4. The molecule has 0 saturated heterocycles. The van der Waals surface area contributed by atoms with Crippen LogP contribution in [0.4, 0.5) is 0 Å². The van der Waals surface area contributed by atoms with Crippen molar-refractivity contribution < 1.29 is 0 Å². The lowest BCUT2D eigenvalue weighted by molar-refractivity contribution is 0.492. The maximum Gasteiger partial charge on any atom is 0.0515 e. The van der Waals surface area contributed by atoms with Gasteiger partial charge in [0.05, 0.1) is 5.52 Å². The van der Waals surface area contributed by atoms with Gasteiger partial charge in [-0.3, -0.25) is 0 Å². The summed E-state index contributed by atoms with van der Waals surface area (Å²) in [4.78, 5) is 0. The lowest BCUT2D eigenvalue weighted by Gasteiger charge is -2.23. The Labute approximate surface area is 138 Å². The van der Waals surface area contributed by atoms with Crippen LogP contribution in [0.3, 0.4) is 0 Å². The summed E-state index contributed by atoms with van der Waals surface area (Å²) in [5.41, 5.74) is 7.28. The van der Waals surface area contributed by atoms with Crippen LogP contribution in [0.2, 0.25) is 0 Å². The number of rotatable bonds is 3. The second-order valence-corrected chi connectivity index (χ2v) is 6.77. The molecule has 23 heavy (non-hydrogen) atoms. The number of hydrogen-bond donors (Lipinski definition) is 1. The zero-order valence-electron chi connectivity index (χ0n) is 14.0. The van der Waals surface area contributed by atoms with E-state index in [9.17, 15) is 0 Å². The van der Waals surface area contributed by atoms with E-state index in [0.29, 0.717) is 6.04 Å². The van der Waals surface area contributed by atoms with E-state index in [1.54, 1.807) is 0 Å². The molecule has 0 saturated carbocycles. The smallest absolute Gasteiger partial charge is 0.0515 e. The minimum atomic E-state index is 0.558. The van der Waals surface area contributed by atoms with E-state index >= 15 is 0 Å². The predicted octanol–water partition coefficient (Wildman–Crippen LogP) is 4.23. The van der Waals surface area contributed by atoms with Crippen molar-refractivity contribution in [2.75, 3.05) is 0 Å². The Morgan fingerprint density at radius 3 is 2.74 bits per heavy atom. The fourth-order valence-corrected chi connectivity index (χ4v) is 3.92. The van der Waals surface area contributed by atoms with Crippen molar-refractivity contribution in [1.29, 1.82) is 0 Å². The Bertz CT molecular complexity index is 830. The van der Waals surface area contributed by atoms with E-state index in [4.69, 9.17) is 0 Å². The fourth-order valence-electron chi connectivity index (χ4n) is 3.92. The van der Waals surface area contributed by atoms with Crippen molar-refractivity contribution in [1.82, 2.24) is 9.88 Å². The molecule has 0 bridgehead atoms. The van der Waals surface area contributed by atoms with Crippen LogP contribution in [0, 0.1) is 6.92 Å². The highest BCUT2D eigenvalue weighted by Crippen LogP contribution is 2.32. The molecule has 0 aliphatic carbocycles. The molecule has 3 aromatic rings. The van der Waals surface area contributed by atoms with Crippen molar-refractivity contribution in [3.63, 3.8) is 0 Å². The van der Waals surface area contributed by atoms with Crippen molar-refractivity contribution in [3.05, 3.63) is 70.9 Å². The van der Waals surface area contributed by atoms with E-state index in [1.165, 1.54) is 33.3 Å². The Hall–Kier alpha value is -2.06. The second-order valence-electron chi connectivity index (χ2n) is 6.77. The molecule has 1 N–H and O–H groups in total. The van der Waals surface area contributed by atoms with Gasteiger partial charge in [0, 0.05) is 36.6 Å². The number of aryl methyl sites for hydroxylation is 3. The van der Waals surface area contributed by atoms with Gasteiger partial charge < -0.3 is 9.88 Å². The van der Waals surface area contributed by atoms with Crippen LogP contribution >= 0.6 is 0 Å². The summed E-state index contributed by atoms with van der Waals surface area (Å²) in [5.74, 6) is 0. The maximum atomic E-state index is 3.62. The van der Waals surface area contributed by atoms with Crippen molar-refractivity contribution in [2.24, 2.45) is 0 Å². The number of benzene rings is 2. The van der Waals surface area contributed by atoms with Gasteiger partial charge in [-0.25, -0.2) is 0 Å². The first kappa shape index (κ1) is 14.5. The van der Waals surface area contributed by atoms with E-state index in [1.807, 2.05) is 0 Å². The first-order valence-electron chi connectivity index (χ1n) is 8.61. The average Bonchev–Trinajstić information content (AvgIpc) is 2.88. The minimum absolute atomic E-state index is 0.558. The van der Waals surface area contributed by atoms with Gasteiger partial charge >= 0.3 is 0 Å². The summed E-state index contributed by atoms with van der Waals surface area (Å²) in [7, 11) is 0. The molecule has 1 unspecified atom stereocenters. The summed E-state index contributed by atoms with van der Waals surface area (Å²) in [6, 6.07) is 18.1. The minimum Gasteiger partial charge on any atom is -0.344 e. The summed E-state index contributed by atoms with van der Waals surface area (Å²) < 4.78 is 2.59. The van der Waals surface area contributed by atoms with Gasteiger partial charge in [-0.2, -0.15) is 0 Å². The molecule has 2 aromatic carbocycles. The van der Waals surface area contributed by atoms with Crippen LogP contribution in [0.1, 0.15) is 29.3 Å². The standard InChI is InChI=1S/C21H24N2/c1-15-7-6-10-18-19-14-22-16(2)13-20(19)23(21(15)18)12-11-17-8-4-3-5-9-17/h3-10,16,22H,11-14H2,1-2H3. The highest BCUT2D eigenvalue weighted by atomic mass is 15.0. The Kier molecular flexibility index (Phi) is 3.70. The maximum absolute atomic E-state index is 3.62. The highest BCUT2D eigenvalue weighted by molar-refractivity contribution is 5.88. The van der Waals surface area contributed by atoms with E-state index < -0.39 is 0 Å². The number of nitrogens with zero attached hydrogens (tertiary/aromatic N) is 1. The number of aromatic nitrogens is 1. The molecule has 0 spiro atoms. The summed E-state index contributed by atoms with van der Waals surface area (Å²) in [5, 5.41) is 5.06. The largest absolute Gasteiger partial charge is 0.344 e. The highest BCUT2D eigenvalue weighted by Gasteiger charge is 2.23. The molecule has 1 aromatic heterocycles. The molecule has 2 heterocycles. The van der Waals surface area contributed by atoms with Crippen LogP contribution < -0.4 is 5.32 Å². The van der Waals surface area contributed by atoms with E-state index in [-0.39, 0.29) is 0 Å². The molecule has 0 amide bonds. The van der Waals surface area contributed by atoms with Gasteiger partial charge in [0.15, 0.2) is 0 Å². The molecule has 1 aliphatic rings. The van der Waals surface area contributed by atoms with Crippen LogP contribution in [-0.2, 0) is 25.9 Å². The average molecular weight is 304 g/mol. The van der Waals surface area contributed by atoms with Crippen molar-refractivity contribution in [3.8, 4) is 0 Å². The summed E-state index contributed by atoms with van der Waals surface area (Å²) in [6.07, 6.45) is 2.21. The molecule has 118 valence electrons. The first-order valence-corrected chi connectivity index (χ1v) is 8.61. The predicted molar refractivity (Wildman–Crippen MR) is 96.8 cm³/mol. The summed E-state index contributed by atoms with van der Waals surface area (Å²) in [6.45, 7) is 6.58. The molecular weight excluding hydrogens is 280 g/mol. The second kappa shape index (κ2) is 5.86. The van der Waals surface area contributed by atoms with Crippen LogP contribution in [0.25, 0.3) is 10.9 Å². The molecule has 1 atom stereocenters. The third-order valence-electron chi connectivity index (χ3n) is 5.10. The fraction of sp³-hybridized carbons (Fsp3) is 0.333. The third-order valence-corrected chi connectivity index (χ3v) is 5.10. The molecule has 1 aliphatic heterocycles. The number of fused-ring (bicyclic) bond motifs is 3. The lowest BCUT2D eigenvalue weighted by atomic mass is 10.0. The van der Waals surface area contributed by atoms with Crippen molar-refractivity contribution >= 4 is 10.9 Å². The number of para-hydroxylation sites is 1. The molecule has 0 fully saturated rings. The SMILES string of the molecule is Cc1cccc2c3c(n(CCc4ccccc4)c12)CC(C)NC3. The van der Waals surface area contributed by atoms with Gasteiger partial charge in [0.2, 0.25) is 0 Å². The van der Waals surface area contributed by atoms with E-state index in [2.05, 4.69) is 72.3 Å². The van der Waals surface area contributed by atoms with Crippen LogP contribution in [0.5, 0.6) is 0 Å². The lowest BCUT2D eigenvalue weighted by Crippen LogP contribution is -2.33. The first-order chi connectivity index (χ1) is 11.2. The Balaban J connectivity index is 1.79. The summed E-state index contributed by atoms with van der Waals surface area (Å²) >= 11 is 0. The van der Waals surface area contributed by atoms with Crippen molar-refractivity contribution in [2.45, 2.75) is 45.8 Å². The molecule has 2 heteroatoms. The molecule has 0 radical (unpaired) electrons. The monoisotopic (exact) mass is 304 g/mol. The quantitative estimate of drug-likeness (QED) is 0.766. The number of nitrogens with one attached hydrogen (secondary N) is 1. The van der Waals surface area contributed by atoms with Gasteiger partial charge in [-0.15, -0.1) is 0 Å². The Morgan fingerprint density at radius 2 is 1.91 bits per heavy atom. The molecular formula is C21H24N2.